The van der Waals surface area contributed by atoms with Gasteiger partial charge >= 0.3 is 0 Å². The Morgan fingerprint density at radius 3 is 2.78 bits per heavy atom. The van der Waals surface area contributed by atoms with Crippen LogP contribution in [-0.4, -0.2) is 23.4 Å². The van der Waals surface area contributed by atoms with Gasteiger partial charge in [0.2, 0.25) is 0 Å². The third-order valence-corrected chi connectivity index (χ3v) is 5.63. The molecule has 27 heavy (non-hydrogen) atoms. The Balaban J connectivity index is 1.98. The van der Waals surface area contributed by atoms with Gasteiger partial charge in [0, 0.05) is 22.1 Å². The number of aromatic nitrogens is 2. The Morgan fingerprint density at radius 1 is 1.11 bits per heavy atom. The van der Waals surface area contributed by atoms with Crippen molar-refractivity contribution in [3.05, 3.63) is 57.6 Å². The maximum atomic E-state index is 5.64. The topological polar surface area (TPSA) is 39.1 Å². The maximum absolute atomic E-state index is 5.64. The lowest BCUT2D eigenvalue weighted by molar-refractivity contribution is 0.416. The lowest BCUT2D eigenvalue weighted by Gasteiger charge is -2.12. The Bertz CT molecular complexity index is 993. The Labute approximate surface area is 168 Å². The third kappa shape index (κ3) is 3.36. The highest BCUT2D eigenvalue weighted by Gasteiger charge is 2.24. The minimum absolute atomic E-state index is 0.843. The average Bonchev–Trinajstić information content (AvgIpc) is 2.84. The first-order valence-electron chi connectivity index (χ1n) is 9.36. The van der Waals surface area contributed by atoms with Gasteiger partial charge in [-0.2, -0.15) is 5.10 Å². The minimum atomic E-state index is 0.843. The van der Waals surface area contributed by atoms with Crippen molar-refractivity contribution in [2.45, 2.75) is 33.1 Å². The molecule has 0 spiro atoms. The molecule has 140 valence electrons. The second kappa shape index (κ2) is 7.39. The van der Waals surface area contributed by atoms with Crippen molar-refractivity contribution in [3.8, 4) is 22.7 Å². The van der Waals surface area contributed by atoms with Gasteiger partial charge in [-0.15, -0.1) is 0 Å². The summed E-state index contributed by atoms with van der Waals surface area (Å²) in [6, 6.07) is 12.6. The van der Waals surface area contributed by atoms with Crippen molar-refractivity contribution in [1.82, 2.24) is 9.78 Å². The van der Waals surface area contributed by atoms with E-state index in [1.807, 2.05) is 12.1 Å². The lowest BCUT2D eigenvalue weighted by atomic mass is 10.0. The van der Waals surface area contributed by atoms with E-state index in [4.69, 9.17) is 9.84 Å². The molecule has 0 unspecified atom stereocenters. The van der Waals surface area contributed by atoms with E-state index in [2.05, 4.69) is 64.0 Å². The maximum Gasteiger partial charge on any atom is 0.133 e. The summed E-state index contributed by atoms with van der Waals surface area (Å²) in [6.07, 6.45) is 3.33. The number of nitrogens with zero attached hydrogens (tertiary/aromatic N) is 2. The van der Waals surface area contributed by atoms with E-state index < -0.39 is 0 Å². The molecule has 0 saturated heterocycles. The fourth-order valence-electron chi connectivity index (χ4n) is 3.71. The molecule has 2 aromatic carbocycles. The highest BCUT2D eigenvalue weighted by atomic mass is 79.9. The predicted molar refractivity (Wildman–Crippen MR) is 114 cm³/mol. The summed E-state index contributed by atoms with van der Waals surface area (Å²) in [5, 5.41) is 8.71. The highest BCUT2D eigenvalue weighted by Crippen LogP contribution is 2.39. The summed E-state index contributed by atoms with van der Waals surface area (Å²) in [7, 11) is 1.71. The van der Waals surface area contributed by atoms with E-state index >= 15 is 0 Å². The first-order valence-corrected chi connectivity index (χ1v) is 10.1. The average molecular weight is 426 g/mol. The zero-order chi connectivity index (χ0) is 19.0. The molecular formula is C22H24BrN3O. The van der Waals surface area contributed by atoms with Crippen molar-refractivity contribution in [2.75, 3.05) is 19.0 Å². The van der Waals surface area contributed by atoms with E-state index in [-0.39, 0.29) is 0 Å². The van der Waals surface area contributed by atoms with Crippen LogP contribution in [0.3, 0.4) is 0 Å². The third-order valence-electron chi connectivity index (χ3n) is 5.14. The zero-order valence-corrected chi connectivity index (χ0v) is 17.6. The summed E-state index contributed by atoms with van der Waals surface area (Å²) < 4.78 is 8.75. The van der Waals surface area contributed by atoms with Crippen LogP contribution in [0.4, 0.5) is 5.82 Å². The van der Waals surface area contributed by atoms with Crippen LogP contribution >= 0.6 is 15.9 Å². The first-order chi connectivity index (χ1) is 13.1. The second-order valence-electron chi connectivity index (χ2n) is 7.11. The van der Waals surface area contributed by atoms with Gasteiger partial charge in [-0.05, 0) is 68.5 Å². The number of hydrogen-bond acceptors (Lipinski definition) is 3. The summed E-state index contributed by atoms with van der Waals surface area (Å²) in [4.78, 5) is 0. The number of ether oxygens (including phenoxy) is 1. The van der Waals surface area contributed by atoms with Crippen LogP contribution in [0.5, 0.6) is 5.75 Å². The summed E-state index contributed by atoms with van der Waals surface area (Å²) >= 11 is 3.60. The molecule has 1 N–H and O–H groups in total. The Morgan fingerprint density at radius 2 is 1.96 bits per heavy atom. The molecule has 4 rings (SSSR count). The normalized spacial score (nSPS) is 13.6. The molecule has 0 aliphatic carbocycles. The van der Waals surface area contributed by atoms with Gasteiger partial charge in [0.15, 0.2) is 0 Å². The molecule has 0 radical (unpaired) electrons. The van der Waals surface area contributed by atoms with Crippen molar-refractivity contribution in [3.63, 3.8) is 0 Å². The van der Waals surface area contributed by atoms with Crippen molar-refractivity contribution in [2.24, 2.45) is 0 Å². The van der Waals surface area contributed by atoms with E-state index in [1.54, 1.807) is 7.11 Å². The zero-order valence-electron chi connectivity index (χ0n) is 16.0. The lowest BCUT2D eigenvalue weighted by Crippen LogP contribution is -2.08. The number of benzene rings is 2. The SMILES string of the molecule is COc1ccc(Br)cc1-c1nn(-c2cc(C)ccc2C)c2c1CCCCN2. The molecule has 1 aromatic heterocycles. The van der Waals surface area contributed by atoms with Crippen molar-refractivity contribution >= 4 is 21.7 Å². The Hall–Kier alpha value is -2.27. The molecule has 1 aliphatic rings. The van der Waals surface area contributed by atoms with E-state index in [0.29, 0.717) is 0 Å². The van der Waals surface area contributed by atoms with Crippen LogP contribution in [0.25, 0.3) is 16.9 Å². The number of methoxy groups -OCH3 is 1. The first kappa shape index (κ1) is 18.1. The quantitative estimate of drug-likeness (QED) is 0.586. The van der Waals surface area contributed by atoms with Crippen LogP contribution in [0.1, 0.15) is 29.5 Å². The summed E-state index contributed by atoms with van der Waals surface area (Å²) in [6.45, 7) is 5.23. The molecule has 0 atom stereocenters. The number of fused-ring (bicyclic) bond motifs is 1. The van der Waals surface area contributed by atoms with E-state index in [1.165, 1.54) is 16.7 Å². The van der Waals surface area contributed by atoms with Gasteiger partial charge < -0.3 is 10.1 Å². The highest BCUT2D eigenvalue weighted by molar-refractivity contribution is 9.10. The van der Waals surface area contributed by atoms with Crippen LogP contribution < -0.4 is 10.1 Å². The molecule has 0 fully saturated rings. The fourth-order valence-corrected chi connectivity index (χ4v) is 4.07. The molecule has 1 aliphatic heterocycles. The van der Waals surface area contributed by atoms with Crippen LogP contribution in [-0.2, 0) is 6.42 Å². The molecule has 2 heterocycles. The smallest absolute Gasteiger partial charge is 0.133 e. The number of rotatable bonds is 3. The molecule has 0 bridgehead atoms. The molecule has 0 amide bonds. The van der Waals surface area contributed by atoms with Gasteiger partial charge in [-0.25, -0.2) is 4.68 Å². The van der Waals surface area contributed by atoms with Crippen molar-refractivity contribution in [1.29, 1.82) is 0 Å². The van der Waals surface area contributed by atoms with Gasteiger partial charge in [-0.1, -0.05) is 28.1 Å². The predicted octanol–water partition coefficient (Wildman–Crippen LogP) is 5.68. The van der Waals surface area contributed by atoms with E-state index in [9.17, 15) is 0 Å². The number of hydrogen-bond donors (Lipinski definition) is 1. The number of nitrogens with one attached hydrogen (secondary N) is 1. The molecule has 0 saturated carbocycles. The van der Waals surface area contributed by atoms with Crippen LogP contribution in [0, 0.1) is 13.8 Å². The van der Waals surface area contributed by atoms with Crippen LogP contribution in [0.2, 0.25) is 0 Å². The van der Waals surface area contributed by atoms with Gasteiger partial charge in [0.05, 0.1) is 12.8 Å². The molecule has 5 heteroatoms. The number of anilines is 1. The largest absolute Gasteiger partial charge is 0.496 e. The van der Waals surface area contributed by atoms with Crippen LogP contribution in [0.15, 0.2) is 40.9 Å². The number of halogens is 1. The van der Waals surface area contributed by atoms with Crippen molar-refractivity contribution < 1.29 is 4.74 Å². The summed E-state index contributed by atoms with van der Waals surface area (Å²) in [5.74, 6) is 1.95. The molecule has 3 aromatic rings. The van der Waals surface area contributed by atoms with Gasteiger partial charge in [0.1, 0.15) is 17.3 Å². The monoisotopic (exact) mass is 425 g/mol. The number of aryl methyl sites for hydroxylation is 2. The molecular weight excluding hydrogens is 402 g/mol. The Kier molecular flexibility index (Phi) is 4.96. The van der Waals surface area contributed by atoms with E-state index in [0.717, 1.165) is 58.8 Å². The van der Waals surface area contributed by atoms with Gasteiger partial charge in [0.25, 0.3) is 0 Å². The second-order valence-corrected chi connectivity index (χ2v) is 8.02. The summed E-state index contributed by atoms with van der Waals surface area (Å²) in [5.41, 5.74) is 6.86. The van der Waals surface area contributed by atoms with Gasteiger partial charge in [-0.3, -0.25) is 0 Å². The minimum Gasteiger partial charge on any atom is -0.496 e. The fraction of sp³-hybridized carbons (Fsp3) is 0.318. The molecule has 4 nitrogen and oxygen atoms in total. The standard InChI is InChI=1S/C22H24BrN3O/c1-14-7-8-15(2)19(12-14)26-22-17(6-4-5-11-24-22)21(25-26)18-13-16(23)9-10-20(18)27-3/h7-10,12-13,24H,4-6,11H2,1-3H3.